The van der Waals surface area contributed by atoms with Gasteiger partial charge < -0.3 is 24.1 Å². The number of Topliss-reactive ketones (excluding diaryl/α,β-unsaturated/α-hetero) is 1. The molecule has 10 nitrogen and oxygen atoms in total. The Morgan fingerprint density at radius 3 is 2.65 bits per heavy atom. The van der Waals surface area contributed by atoms with E-state index in [-0.39, 0.29) is 34.1 Å². The summed E-state index contributed by atoms with van der Waals surface area (Å²) in [7, 11) is 0. The molecular weight excluding hydrogens is 632 g/mol. The minimum atomic E-state index is -1.11. The van der Waals surface area contributed by atoms with Crippen LogP contribution in [0.15, 0.2) is 85.0 Å². The molecule has 6 rings (SSSR count). The van der Waals surface area contributed by atoms with Crippen LogP contribution >= 0.6 is 11.3 Å². The van der Waals surface area contributed by atoms with E-state index in [9.17, 15) is 19.5 Å². The third-order valence-corrected chi connectivity index (χ3v) is 9.08. The van der Waals surface area contributed by atoms with E-state index in [0.29, 0.717) is 53.7 Å². The minimum Gasteiger partial charge on any atom is -0.507 e. The maximum Gasteiger partial charge on any atom is 0.350 e. The number of esters is 1. The number of hydrogen-bond donors (Lipinski definition) is 1. The molecule has 3 heterocycles. The molecule has 48 heavy (non-hydrogen) atoms. The molecule has 2 aliphatic rings. The van der Waals surface area contributed by atoms with Gasteiger partial charge in [-0.15, -0.1) is 0 Å². The number of fused-ring (bicyclic) bond motifs is 1. The summed E-state index contributed by atoms with van der Waals surface area (Å²) in [5, 5.41) is 11.9. The molecule has 1 amide bonds. The quantitative estimate of drug-likeness (QED) is 0.0611. The Kier molecular flexibility index (Phi) is 9.31. The number of thiazole rings is 1. The van der Waals surface area contributed by atoms with Gasteiger partial charge in [0.05, 0.1) is 23.9 Å². The number of rotatable bonds is 11. The maximum atomic E-state index is 13.9. The van der Waals surface area contributed by atoms with Crippen LogP contribution in [0.25, 0.3) is 5.76 Å². The van der Waals surface area contributed by atoms with Crippen molar-refractivity contribution in [2.45, 2.75) is 45.9 Å². The van der Waals surface area contributed by atoms with Crippen LogP contribution in [0.4, 0.5) is 5.13 Å². The lowest BCUT2D eigenvalue weighted by Crippen LogP contribution is -2.29. The van der Waals surface area contributed by atoms with Gasteiger partial charge in [-0.3, -0.25) is 14.5 Å². The zero-order valence-electron chi connectivity index (χ0n) is 26.7. The second-order valence-electron chi connectivity index (χ2n) is 11.3. The molecule has 2 atom stereocenters. The number of carbonyl (C=O) groups excluding carboxylic acids is 3. The van der Waals surface area contributed by atoms with Gasteiger partial charge in [0, 0.05) is 12.0 Å². The Balaban J connectivity index is 1.47. The summed E-state index contributed by atoms with van der Waals surface area (Å²) in [5.74, 6) is -1.20. The van der Waals surface area contributed by atoms with Crippen LogP contribution < -0.4 is 19.1 Å². The summed E-state index contributed by atoms with van der Waals surface area (Å²) in [6.07, 6.45) is 2.06. The Labute approximate surface area is 281 Å². The van der Waals surface area contributed by atoms with E-state index in [4.69, 9.17) is 18.9 Å². The number of aryl methyl sites for hydroxylation is 1. The molecule has 0 spiro atoms. The van der Waals surface area contributed by atoms with E-state index < -0.39 is 23.7 Å². The predicted octanol–water partition coefficient (Wildman–Crippen LogP) is 6.72. The second-order valence-corrected chi connectivity index (χ2v) is 12.3. The van der Waals surface area contributed by atoms with Crippen LogP contribution in [-0.2, 0) is 27.4 Å². The van der Waals surface area contributed by atoms with Crippen molar-refractivity contribution in [1.82, 2.24) is 4.98 Å². The molecule has 1 aromatic heterocycles. The van der Waals surface area contributed by atoms with Crippen molar-refractivity contribution in [3.05, 3.63) is 118 Å². The van der Waals surface area contributed by atoms with E-state index >= 15 is 0 Å². The average Bonchev–Trinajstić information content (AvgIpc) is 3.74. The standard InChI is InChI=1S/C37H34N2O8S/c1-5-16-45-36(43)34-22(4)38-37(48-34)39-31(24-12-15-28(29(19-24)44-6-2)46-20-23-10-8-7-9-11-23)30(33(41)35(39)42)32(40)25-13-14-27-26(18-25)17-21(3)47-27/h5,7-15,18-19,21,31,40H,1,6,16-17,20H2,2-4H3/b32-30+/t21-,31-/m0/s1. The van der Waals surface area contributed by atoms with Gasteiger partial charge in [0.2, 0.25) is 0 Å². The third kappa shape index (κ3) is 6.28. The smallest absolute Gasteiger partial charge is 0.350 e. The number of aliphatic hydroxyl groups is 1. The molecule has 3 aromatic carbocycles. The first-order chi connectivity index (χ1) is 23.2. The van der Waals surface area contributed by atoms with Crippen LogP contribution in [0.3, 0.4) is 0 Å². The van der Waals surface area contributed by atoms with Gasteiger partial charge in [0.1, 0.15) is 35.7 Å². The molecule has 4 aromatic rings. The molecule has 1 fully saturated rings. The largest absolute Gasteiger partial charge is 0.507 e. The van der Waals surface area contributed by atoms with Crippen molar-refractivity contribution in [1.29, 1.82) is 0 Å². The average molecular weight is 667 g/mol. The summed E-state index contributed by atoms with van der Waals surface area (Å²) < 4.78 is 23.1. The summed E-state index contributed by atoms with van der Waals surface area (Å²) in [4.78, 5) is 46.4. The molecule has 2 aliphatic heterocycles. The molecule has 1 saturated heterocycles. The highest BCUT2D eigenvalue weighted by Crippen LogP contribution is 2.46. The molecule has 0 radical (unpaired) electrons. The molecule has 0 bridgehead atoms. The lowest BCUT2D eigenvalue weighted by Gasteiger charge is -2.24. The van der Waals surface area contributed by atoms with Crippen molar-refractivity contribution in [3.8, 4) is 17.2 Å². The third-order valence-electron chi connectivity index (χ3n) is 7.94. The summed E-state index contributed by atoms with van der Waals surface area (Å²) in [5.41, 5.74) is 2.88. The van der Waals surface area contributed by atoms with Crippen LogP contribution in [0.5, 0.6) is 17.2 Å². The highest BCUT2D eigenvalue weighted by molar-refractivity contribution is 7.17. The SMILES string of the molecule is C=CCOC(=O)c1sc(N2C(=O)C(=O)/C(=C(/O)c3ccc4c(c3)C[C@H](C)O4)[C@@H]2c2ccc(OCc3ccccc3)c(OCC)c2)nc1C. The monoisotopic (exact) mass is 666 g/mol. The fraction of sp³-hybridized carbons (Fsp3) is 0.243. The number of aromatic nitrogens is 1. The number of hydrogen-bond acceptors (Lipinski definition) is 10. The van der Waals surface area contributed by atoms with Gasteiger partial charge in [-0.2, -0.15) is 0 Å². The van der Waals surface area contributed by atoms with Crippen molar-refractivity contribution < 1.29 is 38.4 Å². The first-order valence-electron chi connectivity index (χ1n) is 15.5. The summed E-state index contributed by atoms with van der Waals surface area (Å²) in [6.45, 7) is 9.59. The zero-order valence-corrected chi connectivity index (χ0v) is 27.5. The van der Waals surface area contributed by atoms with E-state index in [1.807, 2.05) is 44.2 Å². The topological polar surface area (TPSA) is 124 Å². The molecule has 0 saturated carbocycles. The van der Waals surface area contributed by atoms with E-state index in [1.165, 1.54) is 11.0 Å². The number of aliphatic hydroxyl groups excluding tert-OH is 1. The van der Waals surface area contributed by atoms with Gasteiger partial charge >= 0.3 is 11.9 Å². The first-order valence-corrected chi connectivity index (χ1v) is 16.3. The number of anilines is 1. The van der Waals surface area contributed by atoms with Crippen LogP contribution in [0, 0.1) is 6.92 Å². The zero-order chi connectivity index (χ0) is 33.9. The maximum absolute atomic E-state index is 13.9. The predicted molar refractivity (Wildman–Crippen MR) is 181 cm³/mol. The normalized spacial score (nSPS) is 17.9. The van der Waals surface area contributed by atoms with Crippen LogP contribution in [0.2, 0.25) is 0 Å². The van der Waals surface area contributed by atoms with E-state index in [2.05, 4.69) is 11.6 Å². The fourth-order valence-corrected chi connectivity index (χ4v) is 6.75. The first kappa shape index (κ1) is 32.5. The number of ketones is 1. The Bertz CT molecular complexity index is 1930. The van der Waals surface area contributed by atoms with E-state index in [0.717, 1.165) is 22.5 Å². The molecule has 11 heteroatoms. The van der Waals surface area contributed by atoms with Crippen LogP contribution in [0.1, 0.15) is 57.5 Å². The highest BCUT2D eigenvalue weighted by atomic mass is 32.1. The number of benzene rings is 3. The molecule has 1 N–H and O–H groups in total. The molecule has 0 aliphatic carbocycles. The number of nitrogens with zero attached hydrogens (tertiary/aromatic N) is 2. The number of carbonyl (C=O) groups is 3. The second kappa shape index (κ2) is 13.7. The lowest BCUT2D eigenvalue weighted by atomic mass is 9.94. The van der Waals surface area contributed by atoms with Gasteiger partial charge in [0.15, 0.2) is 16.6 Å². The fourth-order valence-electron chi connectivity index (χ4n) is 5.76. The molecule has 246 valence electrons. The Morgan fingerprint density at radius 2 is 1.90 bits per heavy atom. The van der Waals surface area contributed by atoms with Gasteiger partial charge in [-0.25, -0.2) is 9.78 Å². The lowest BCUT2D eigenvalue weighted by molar-refractivity contribution is -0.132. The summed E-state index contributed by atoms with van der Waals surface area (Å²) in [6, 6.07) is 18.9. The molecular formula is C37H34N2O8S. The molecule has 0 unspecified atom stereocenters. The number of amides is 1. The Morgan fingerprint density at radius 1 is 1.10 bits per heavy atom. The van der Waals surface area contributed by atoms with Crippen molar-refractivity contribution in [3.63, 3.8) is 0 Å². The van der Waals surface area contributed by atoms with Gasteiger partial charge in [0.25, 0.3) is 5.78 Å². The van der Waals surface area contributed by atoms with Gasteiger partial charge in [-0.1, -0.05) is 60.4 Å². The van der Waals surface area contributed by atoms with Crippen molar-refractivity contribution >= 4 is 39.9 Å². The Hall–Kier alpha value is -5.42. The highest BCUT2D eigenvalue weighted by Gasteiger charge is 2.49. The summed E-state index contributed by atoms with van der Waals surface area (Å²) >= 11 is 0.925. The van der Waals surface area contributed by atoms with Crippen molar-refractivity contribution in [2.75, 3.05) is 18.1 Å². The van der Waals surface area contributed by atoms with Gasteiger partial charge in [-0.05, 0) is 67.8 Å². The number of ether oxygens (including phenoxy) is 4. The van der Waals surface area contributed by atoms with Crippen molar-refractivity contribution in [2.24, 2.45) is 0 Å². The van der Waals surface area contributed by atoms with Crippen LogP contribution in [-0.4, -0.2) is 47.1 Å². The minimum absolute atomic E-state index is 0.000482. The van der Waals surface area contributed by atoms with E-state index in [1.54, 1.807) is 43.3 Å².